The third kappa shape index (κ3) is 4.27. The van der Waals surface area contributed by atoms with Gasteiger partial charge in [0.1, 0.15) is 5.52 Å². The van der Waals surface area contributed by atoms with Gasteiger partial charge in [0.05, 0.1) is 11.0 Å². The molecule has 4 heteroatoms. The van der Waals surface area contributed by atoms with Gasteiger partial charge in [0, 0.05) is 39.1 Å². The molecule has 9 aromatic rings. The minimum Gasteiger partial charge on any atom is -0.436 e. The number of fused-ring (bicyclic) bond motifs is 5. The molecule has 0 aliphatic carbocycles. The average Bonchev–Trinajstić information content (AvgIpc) is 3.69. The smallest absolute Gasteiger partial charge is 0.227 e. The summed E-state index contributed by atoms with van der Waals surface area (Å²) in [5.74, 6) is 0.621. The number of oxazole rings is 1. The van der Waals surface area contributed by atoms with Gasteiger partial charge < -0.3 is 13.9 Å². The first kappa shape index (κ1) is 25.4. The van der Waals surface area contributed by atoms with Crippen LogP contribution in [-0.2, 0) is 0 Å². The zero-order valence-corrected chi connectivity index (χ0v) is 24.3. The van der Waals surface area contributed by atoms with Crippen LogP contribution >= 0.6 is 0 Å². The van der Waals surface area contributed by atoms with E-state index in [2.05, 4.69) is 149 Å². The molecular formula is C41H27N3O. The summed E-state index contributed by atoms with van der Waals surface area (Å²) in [6.45, 7) is 0. The van der Waals surface area contributed by atoms with Crippen LogP contribution in [0.2, 0.25) is 0 Å². The first-order chi connectivity index (χ1) is 22.3. The van der Waals surface area contributed by atoms with Crippen molar-refractivity contribution in [3.63, 3.8) is 0 Å². The zero-order valence-electron chi connectivity index (χ0n) is 24.3. The maximum absolute atomic E-state index is 6.07. The van der Waals surface area contributed by atoms with Crippen LogP contribution in [0, 0.1) is 0 Å². The molecule has 0 atom stereocenters. The largest absolute Gasteiger partial charge is 0.436 e. The summed E-state index contributed by atoms with van der Waals surface area (Å²) in [4.78, 5) is 7.05. The van der Waals surface area contributed by atoms with Crippen LogP contribution in [0.15, 0.2) is 168 Å². The second kappa shape index (κ2) is 10.2. The lowest BCUT2D eigenvalue weighted by atomic mass is 10.1. The molecule has 0 fully saturated rings. The average molecular weight is 578 g/mol. The number of nitrogens with zero attached hydrogens (tertiary/aromatic N) is 3. The van der Waals surface area contributed by atoms with Crippen molar-refractivity contribution < 1.29 is 4.42 Å². The molecule has 0 saturated heterocycles. The van der Waals surface area contributed by atoms with E-state index in [0.29, 0.717) is 5.89 Å². The Kier molecular flexibility index (Phi) is 5.78. The van der Waals surface area contributed by atoms with Crippen LogP contribution in [0.1, 0.15) is 0 Å². The van der Waals surface area contributed by atoms with Crippen LogP contribution in [0.3, 0.4) is 0 Å². The maximum atomic E-state index is 6.07. The number of aromatic nitrogens is 2. The summed E-state index contributed by atoms with van der Waals surface area (Å²) in [7, 11) is 0. The summed E-state index contributed by atoms with van der Waals surface area (Å²) in [5, 5.41) is 4.85. The van der Waals surface area contributed by atoms with Gasteiger partial charge in [-0.05, 0) is 95.7 Å². The number of hydrogen-bond donors (Lipinski definition) is 0. The Hall–Kier alpha value is -6.13. The molecule has 0 spiro atoms. The quantitative estimate of drug-likeness (QED) is 0.204. The Labute approximate surface area is 260 Å². The first-order valence-corrected chi connectivity index (χ1v) is 15.1. The van der Waals surface area contributed by atoms with Crippen LogP contribution < -0.4 is 4.90 Å². The van der Waals surface area contributed by atoms with Gasteiger partial charge in [-0.15, -0.1) is 0 Å². The number of hydrogen-bond acceptors (Lipinski definition) is 3. The number of anilines is 3. The number of benzene rings is 7. The molecule has 7 aromatic carbocycles. The Morgan fingerprint density at radius 1 is 0.489 bits per heavy atom. The predicted molar refractivity (Wildman–Crippen MR) is 186 cm³/mol. The third-order valence-electron chi connectivity index (χ3n) is 8.59. The lowest BCUT2D eigenvalue weighted by molar-refractivity contribution is 0.620. The number of para-hydroxylation sites is 4. The second-order valence-corrected chi connectivity index (χ2v) is 11.3. The molecule has 2 heterocycles. The molecule has 0 unspecified atom stereocenters. The van der Waals surface area contributed by atoms with Crippen LogP contribution in [0.4, 0.5) is 17.1 Å². The maximum Gasteiger partial charge on any atom is 0.227 e. The predicted octanol–water partition coefficient (Wildman–Crippen LogP) is 11.2. The summed E-state index contributed by atoms with van der Waals surface area (Å²) < 4.78 is 8.42. The Balaban J connectivity index is 1.22. The van der Waals surface area contributed by atoms with Crippen molar-refractivity contribution in [3.8, 4) is 17.1 Å². The highest BCUT2D eigenvalue weighted by Gasteiger charge is 2.18. The van der Waals surface area contributed by atoms with E-state index in [-0.39, 0.29) is 0 Å². The molecule has 4 nitrogen and oxygen atoms in total. The fourth-order valence-corrected chi connectivity index (χ4v) is 6.47. The minimum atomic E-state index is 0.621. The lowest BCUT2D eigenvalue weighted by Gasteiger charge is -2.26. The van der Waals surface area contributed by atoms with Gasteiger partial charge in [-0.2, -0.15) is 0 Å². The molecule has 0 amide bonds. The van der Waals surface area contributed by atoms with Crippen molar-refractivity contribution in [2.75, 3.05) is 4.90 Å². The van der Waals surface area contributed by atoms with Gasteiger partial charge in [0.2, 0.25) is 5.89 Å². The summed E-state index contributed by atoms with van der Waals surface area (Å²) >= 11 is 0. The summed E-state index contributed by atoms with van der Waals surface area (Å²) in [6, 6.07) is 57.6. The van der Waals surface area contributed by atoms with Crippen molar-refractivity contribution in [1.82, 2.24) is 9.55 Å². The fourth-order valence-electron chi connectivity index (χ4n) is 6.47. The van der Waals surface area contributed by atoms with E-state index in [4.69, 9.17) is 9.40 Å². The highest BCUT2D eigenvalue weighted by atomic mass is 16.3. The molecule has 0 saturated carbocycles. The van der Waals surface area contributed by atoms with E-state index in [9.17, 15) is 0 Å². The molecule has 9 rings (SSSR count). The molecular weight excluding hydrogens is 550 g/mol. The van der Waals surface area contributed by atoms with Crippen molar-refractivity contribution in [1.29, 1.82) is 0 Å². The topological polar surface area (TPSA) is 34.2 Å². The van der Waals surface area contributed by atoms with Crippen molar-refractivity contribution in [2.45, 2.75) is 0 Å². The third-order valence-corrected chi connectivity index (χ3v) is 8.59. The molecule has 0 radical (unpaired) electrons. The molecule has 0 bridgehead atoms. The highest BCUT2D eigenvalue weighted by molar-refractivity contribution is 6.10. The fraction of sp³-hybridized carbons (Fsp3) is 0. The van der Waals surface area contributed by atoms with Gasteiger partial charge in [0.15, 0.2) is 5.58 Å². The van der Waals surface area contributed by atoms with Crippen molar-refractivity contribution in [3.05, 3.63) is 164 Å². The SMILES string of the molecule is c1ccc(-n2c3ccccc3c3cc(N(c4ccc(-c5nc6ccccc6o5)cc4)c4ccc5ccccc5c4)ccc32)cc1. The zero-order chi connectivity index (χ0) is 29.7. The van der Waals surface area contributed by atoms with Gasteiger partial charge in [-0.3, -0.25) is 0 Å². The standard InChI is InChI=1S/C41H27N3O/c1-2-12-31(13-3-1)44-38-16-8-6-14-35(38)36-27-34(24-25-39(36)44)43(33-23-18-28-10-4-5-11-30(28)26-33)32-21-19-29(20-22-32)41-42-37-15-7-9-17-40(37)45-41/h1-27H. The second-order valence-electron chi connectivity index (χ2n) is 11.3. The van der Waals surface area contributed by atoms with E-state index in [1.807, 2.05) is 24.3 Å². The van der Waals surface area contributed by atoms with E-state index in [1.165, 1.54) is 32.6 Å². The Morgan fingerprint density at radius 3 is 2.02 bits per heavy atom. The normalized spacial score (nSPS) is 11.6. The highest BCUT2D eigenvalue weighted by Crippen LogP contribution is 2.41. The lowest BCUT2D eigenvalue weighted by Crippen LogP contribution is -2.10. The molecule has 0 aliphatic rings. The summed E-state index contributed by atoms with van der Waals surface area (Å²) in [6.07, 6.45) is 0. The molecule has 45 heavy (non-hydrogen) atoms. The van der Waals surface area contributed by atoms with E-state index in [0.717, 1.165) is 39.4 Å². The van der Waals surface area contributed by atoms with Crippen molar-refractivity contribution >= 4 is 60.7 Å². The Morgan fingerprint density at radius 2 is 1.16 bits per heavy atom. The molecule has 0 aliphatic heterocycles. The van der Waals surface area contributed by atoms with E-state index in [1.54, 1.807) is 0 Å². The van der Waals surface area contributed by atoms with Crippen LogP contribution in [-0.4, -0.2) is 9.55 Å². The van der Waals surface area contributed by atoms with Gasteiger partial charge in [-0.1, -0.05) is 78.9 Å². The van der Waals surface area contributed by atoms with Crippen LogP contribution in [0.5, 0.6) is 0 Å². The van der Waals surface area contributed by atoms with E-state index >= 15 is 0 Å². The minimum absolute atomic E-state index is 0.621. The van der Waals surface area contributed by atoms with Gasteiger partial charge in [0.25, 0.3) is 0 Å². The van der Waals surface area contributed by atoms with E-state index < -0.39 is 0 Å². The molecule has 2 aromatic heterocycles. The molecule has 0 N–H and O–H groups in total. The Bertz CT molecular complexity index is 2460. The number of rotatable bonds is 5. The molecule has 212 valence electrons. The van der Waals surface area contributed by atoms with Gasteiger partial charge in [-0.25, -0.2) is 4.98 Å². The van der Waals surface area contributed by atoms with Crippen LogP contribution in [0.25, 0.3) is 60.8 Å². The summed E-state index contributed by atoms with van der Waals surface area (Å²) in [5.41, 5.74) is 9.34. The van der Waals surface area contributed by atoms with Gasteiger partial charge >= 0.3 is 0 Å². The first-order valence-electron chi connectivity index (χ1n) is 15.1. The van der Waals surface area contributed by atoms with Crippen molar-refractivity contribution in [2.24, 2.45) is 0 Å². The monoisotopic (exact) mass is 577 g/mol.